The van der Waals surface area contributed by atoms with E-state index in [1.165, 1.54) is 25.3 Å². The molecule has 0 aromatic heterocycles. The zero-order valence-corrected chi connectivity index (χ0v) is 10.9. The molecular weight excluding hydrogens is 249 g/mol. The van der Waals surface area contributed by atoms with Gasteiger partial charge in [0.05, 0.1) is 13.2 Å². The van der Waals surface area contributed by atoms with E-state index in [-0.39, 0.29) is 23.8 Å². The first-order valence-corrected chi connectivity index (χ1v) is 6.42. The van der Waals surface area contributed by atoms with Gasteiger partial charge in [-0.3, -0.25) is 4.79 Å². The second kappa shape index (κ2) is 6.02. The first-order valence-electron chi connectivity index (χ1n) is 6.42. The topological polar surface area (TPSA) is 58.6 Å². The Morgan fingerprint density at radius 1 is 1.37 bits per heavy atom. The molecular formula is C14H18FNO3. The third-order valence-corrected chi connectivity index (χ3v) is 3.45. The van der Waals surface area contributed by atoms with Crippen LogP contribution in [0.5, 0.6) is 5.75 Å². The Morgan fingerprint density at radius 2 is 2.05 bits per heavy atom. The van der Waals surface area contributed by atoms with E-state index < -0.39 is 5.82 Å². The summed E-state index contributed by atoms with van der Waals surface area (Å²) in [5.41, 5.74) is 0.379. The van der Waals surface area contributed by atoms with E-state index in [1.54, 1.807) is 0 Å². The molecule has 1 aliphatic rings. The van der Waals surface area contributed by atoms with Crippen LogP contribution in [0.1, 0.15) is 36.0 Å². The quantitative estimate of drug-likeness (QED) is 0.879. The van der Waals surface area contributed by atoms with Crippen molar-refractivity contribution >= 4 is 5.91 Å². The molecule has 0 saturated heterocycles. The van der Waals surface area contributed by atoms with Crippen molar-refractivity contribution in [2.24, 2.45) is 0 Å². The average Bonchev–Trinajstić information content (AvgIpc) is 2.42. The normalized spacial score (nSPS) is 22.9. The average molecular weight is 267 g/mol. The number of aliphatic hydroxyl groups is 1. The standard InChI is InChI=1S/C14H18FNO3/c1-19-13-8-9(2-7-12(13)15)14(18)16-10-3-5-11(17)6-4-10/h2,7-8,10-11,17H,3-6H2,1H3,(H,16,18). The number of nitrogens with one attached hydrogen (secondary N) is 1. The van der Waals surface area contributed by atoms with E-state index in [9.17, 15) is 14.3 Å². The minimum absolute atomic E-state index is 0.0618. The van der Waals surface area contributed by atoms with Crippen LogP contribution in [0, 0.1) is 5.82 Å². The van der Waals surface area contributed by atoms with Gasteiger partial charge in [0.25, 0.3) is 5.91 Å². The van der Waals surface area contributed by atoms with Gasteiger partial charge in [0, 0.05) is 11.6 Å². The van der Waals surface area contributed by atoms with Crippen molar-refractivity contribution in [3.05, 3.63) is 29.6 Å². The smallest absolute Gasteiger partial charge is 0.251 e. The molecule has 0 radical (unpaired) electrons. The molecule has 0 unspecified atom stereocenters. The molecule has 104 valence electrons. The molecule has 1 aliphatic carbocycles. The summed E-state index contributed by atoms with van der Waals surface area (Å²) in [6, 6.07) is 4.12. The van der Waals surface area contributed by atoms with Gasteiger partial charge in [-0.1, -0.05) is 0 Å². The third kappa shape index (κ3) is 3.44. The van der Waals surface area contributed by atoms with Crippen molar-refractivity contribution in [3.63, 3.8) is 0 Å². The van der Waals surface area contributed by atoms with E-state index in [2.05, 4.69) is 5.32 Å². The Balaban J connectivity index is 2.00. The lowest BCUT2D eigenvalue weighted by Gasteiger charge is -2.26. The first-order chi connectivity index (χ1) is 9.10. The number of hydrogen-bond acceptors (Lipinski definition) is 3. The van der Waals surface area contributed by atoms with Gasteiger partial charge in [0.1, 0.15) is 0 Å². The molecule has 2 N–H and O–H groups in total. The Morgan fingerprint density at radius 3 is 2.68 bits per heavy atom. The molecule has 2 rings (SSSR count). The third-order valence-electron chi connectivity index (χ3n) is 3.45. The number of benzene rings is 1. The zero-order chi connectivity index (χ0) is 13.8. The van der Waals surface area contributed by atoms with Crippen LogP contribution in [0.4, 0.5) is 4.39 Å². The minimum Gasteiger partial charge on any atom is -0.494 e. The number of amides is 1. The first kappa shape index (κ1) is 13.8. The Bertz CT molecular complexity index is 456. The van der Waals surface area contributed by atoms with E-state index >= 15 is 0 Å². The fourth-order valence-corrected chi connectivity index (χ4v) is 2.29. The fourth-order valence-electron chi connectivity index (χ4n) is 2.29. The van der Waals surface area contributed by atoms with Gasteiger partial charge >= 0.3 is 0 Å². The summed E-state index contributed by atoms with van der Waals surface area (Å²) < 4.78 is 18.1. The second-order valence-corrected chi connectivity index (χ2v) is 4.83. The summed E-state index contributed by atoms with van der Waals surface area (Å²) in [5.74, 6) is -0.661. The number of halogens is 1. The summed E-state index contributed by atoms with van der Waals surface area (Å²) in [7, 11) is 1.36. The van der Waals surface area contributed by atoms with Crippen LogP contribution >= 0.6 is 0 Å². The van der Waals surface area contributed by atoms with Gasteiger partial charge in [0.15, 0.2) is 11.6 Å². The Kier molecular flexibility index (Phi) is 4.37. The van der Waals surface area contributed by atoms with Crippen molar-refractivity contribution in [3.8, 4) is 5.75 Å². The van der Waals surface area contributed by atoms with Crippen LogP contribution in [0.3, 0.4) is 0 Å². The van der Waals surface area contributed by atoms with Crippen LogP contribution in [-0.2, 0) is 0 Å². The predicted molar refractivity (Wildman–Crippen MR) is 68.7 cm³/mol. The van der Waals surface area contributed by atoms with Crippen LogP contribution in [0.2, 0.25) is 0 Å². The molecule has 19 heavy (non-hydrogen) atoms. The van der Waals surface area contributed by atoms with Crippen LogP contribution in [-0.4, -0.2) is 30.3 Å². The van der Waals surface area contributed by atoms with Gasteiger partial charge in [0.2, 0.25) is 0 Å². The van der Waals surface area contributed by atoms with Crippen molar-refractivity contribution < 1.29 is 19.0 Å². The van der Waals surface area contributed by atoms with Gasteiger partial charge in [-0.2, -0.15) is 0 Å². The summed E-state index contributed by atoms with van der Waals surface area (Å²) in [4.78, 5) is 12.0. The molecule has 1 aromatic rings. The summed E-state index contributed by atoms with van der Waals surface area (Å²) in [5, 5.41) is 12.3. The van der Waals surface area contributed by atoms with Gasteiger partial charge < -0.3 is 15.2 Å². The van der Waals surface area contributed by atoms with Crippen LogP contribution in [0.25, 0.3) is 0 Å². The Hall–Kier alpha value is -1.62. The molecule has 5 heteroatoms. The number of ether oxygens (including phenoxy) is 1. The molecule has 1 amide bonds. The maximum Gasteiger partial charge on any atom is 0.251 e. The van der Waals surface area contributed by atoms with Crippen LogP contribution in [0.15, 0.2) is 18.2 Å². The molecule has 1 saturated carbocycles. The second-order valence-electron chi connectivity index (χ2n) is 4.83. The number of aliphatic hydroxyl groups excluding tert-OH is 1. The van der Waals surface area contributed by atoms with Crippen LogP contribution < -0.4 is 10.1 Å². The maximum atomic E-state index is 13.3. The van der Waals surface area contributed by atoms with Crippen molar-refractivity contribution in [2.45, 2.75) is 37.8 Å². The summed E-state index contributed by atoms with van der Waals surface area (Å²) in [6.07, 6.45) is 2.70. The lowest BCUT2D eigenvalue weighted by molar-refractivity contribution is 0.0867. The minimum atomic E-state index is -0.486. The van der Waals surface area contributed by atoms with Crippen molar-refractivity contribution in [1.82, 2.24) is 5.32 Å². The van der Waals surface area contributed by atoms with E-state index in [4.69, 9.17) is 4.74 Å². The molecule has 1 fully saturated rings. The fraction of sp³-hybridized carbons (Fsp3) is 0.500. The molecule has 4 nitrogen and oxygen atoms in total. The molecule has 1 aromatic carbocycles. The summed E-state index contributed by atoms with van der Waals surface area (Å²) in [6.45, 7) is 0. The van der Waals surface area contributed by atoms with Gasteiger partial charge in [-0.05, 0) is 43.9 Å². The number of carbonyl (C=O) groups excluding carboxylic acids is 1. The predicted octanol–water partition coefficient (Wildman–Crippen LogP) is 1.87. The van der Waals surface area contributed by atoms with E-state index in [1.807, 2.05) is 0 Å². The van der Waals surface area contributed by atoms with Gasteiger partial charge in [-0.25, -0.2) is 4.39 Å². The molecule has 0 atom stereocenters. The summed E-state index contributed by atoms with van der Waals surface area (Å²) >= 11 is 0. The monoisotopic (exact) mass is 267 g/mol. The van der Waals surface area contributed by atoms with E-state index in [0.29, 0.717) is 18.4 Å². The SMILES string of the molecule is COc1cc(C(=O)NC2CCC(O)CC2)ccc1F. The highest BCUT2D eigenvalue weighted by molar-refractivity contribution is 5.94. The number of rotatable bonds is 3. The molecule has 0 bridgehead atoms. The molecule has 0 heterocycles. The number of methoxy groups -OCH3 is 1. The number of carbonyl (C=O) groups is 1. The Labute approximate surface area is 111 Å². The largest absolute Gasteiger partial charge is 0.494 e. The lowest BCUT2D eigenvalue weighted by atomic mass is 9.93. The highest BCUT2D eigenvalue weighted by Gasteiger charge is 2.21. The van der Waals surface area contributed by atoms with Crippen molar-refractivity contribution in [1.29, 1.82) is 0 Å². The number of hydrogen-bond donors (Lipinski definition) is 2. The van der Waals surface area contributed by atoms with Gasteiger partial charge in [-0.15, -0.1) is 0 Å². The zero-order valence-electron chi connectivity index (χ0n) is 10.9. The van der Waals surface area contributed by atoms with E-state index in [0.717, 1.165) is 12.8 Å². The highest BCUT2D eigenvalue weighted by atomic mass is 19.1. The lowest BCUT2D eigenvalue weighted by Crippen LogP contribution is -2.38. The van der Waals surface area contributed by atoms with Crippen molar-refractivity contribution in [2.75, 3.05) is 7.11 Å². The highest BCUT2D eigenvalue weighted by Crippen LogP contribution is 2.21. The molecule has 0 spiro atoms. The molecule has 0 aliphatic heterocycles. The maximum absolute atomic E-state index is 13.3.